The highest BCUT2D eigenvalue weighted by atomic mass is 15.2. The third-order valence-corrected chi connectivity index (χ3v) is 4.22. The molecule has 1 heterocycles. The Labute approximate surface area is 82.5 Å². The minimum Gasteiger partial charge on any atom is -0.300 e. The second kappa shape index (κ2) is 3.27. The van der Waals surface area contributed by atoms with Gasteiger partial charge in [-0.2, -0.15) is 0 Å². The summed E-state index contributed by atoms with van der Waals surface area (Å²) >= 11 is 0. The summed E-state index contributed by atoms with van der Waals surface area (Å²) in [5.74, 6) is 1.06. The molecule has 1 aliphatic heterocycles. The molecule has 0 aromatic rings. The fourth-order valence-corrected chi connectivity index (χ4v) is 3.20. The van der Waals surface area contributed by atoms with E-state index in [0.717, 1.165) is 17.4 Å². The van der Waals surface area contributed by atoms with E-state index in [1.165, 1.54) is 38.8 Å². The van der Waals surface area contributed by atoms with Gasteiger partial charge in [-0.25, -0.2) is 0 Å². The van der Waals surface area contributed by atoms with Gasteiger partial charge in [0.2, 0.25) is 0 Å². The van der Waals surface area contributed by atoms with Crippen LogP contribution in [0.15, 0.2) is 0 Å². The molecular weight excluding hydrogens is 158 g/mol. The van der Waals surface area contributed by atoms with Crippen LogP contribution in [-0.4, -0.2) is 24.0 Å². The molecule has 2 rings (SSSR count). The van der Waals surface area contributed by atoms with Crippen LogP contribution in [-0.2, 0) is 0 Å². The van der Waals surface area contributed by atoms with Crippen LogP contribution in [0.1, 0.15) is 46.5 Å². The summed E-state index contributed by atoms with van der Waals surface area (Å²) in [6, 6.07) is 0.764. The lowest BCUT2D eigenvalue weighted by molar-refractivity contribution is 0.0568. The lowest BCUT2D eigenvalue weighted by Crippen LogP contribution is -2.40. The molecule has 0 amide bonds. The largest absolute Gasteiger partial charge is 0.300 e. The van der Waals surface area contributed by atoms with Gasteiger partial charge < -0.3 is 4.90 Å². The van der Waals surface area contributed by atoms with E-state index in [1.54, 1.807) is 0 Å². The zero-order valence-corrected chi connectivity index (χ0v) is 9.34. The van der Waals surface area contributed by atoms with Crippen molar-refractivity contribution in [3.05, 3.63) is 0 Å². The molecule has 0 aromatic carbocycles. The van der Waals surface area contributed by atoms with E-state index in [2.05, 4.69) is 25.7 Å². The smallest absolute Gasteiger partial charge is 0.00414 e. The second-order valence-electron chi connectivity index (χ2n) is 5.50. The van der Waals surface area contributed by atoms with Crippen molar-refractivity contribution in [2.45, 2.75) is 52.5 Å². The van der Waals surface area contributed by atoms with Crippen molar-refractivity contribution in [2.75, 3.05) is 13.1 Å². The molecule has 1 nitrogen and oxygen atoms in total. The molecule has 0 atom stereocenters. The van der Waals surface area contributed by atoms with Crippen molar-refractivity contribution in [2.24, 2.45) is 11.3 Å². The first-order valence-corrected chi connectivity index (χ1v) is 5.89. The van der Waals surface area contributed by atoms with Crippen LogP contribution in [0.5, 0.6) is 0 Å². The first-order valence-electron chi connectivity index (χ1n) is 5.89. The third kappa shape index (κ3) is 1.63. The summed E-state index contributed by atoms with van der Waals surface area (Å²) in [4.78, 5) is 2.66. The Bertz CT molecular complexity index is 180. The Hall–Kier alpha value is -0.0400. The van der Waals surface area contributed by atoms with Gasteiger partial charge in [0.25, 0.3) is 0 Å². The molecule has 1 saturated heterocycles. The molecule has 0 radical (unpaired) electrons. The Morgan fingerprint density at radius 2 is 2.08 bits per heavy atom. The molecule has 1 heteroatoms. The van der Waals surface area contributed by atoms with Crippen LogP contribution in [0, 0.1) is 11.3 Å². The van der Waals surface area contributed by atoms with Crippen molar-refractivity contribution >= 4 is 0 Å². The van der Waals surface area contributed by atoms with Crippen LogP contribution in [0.4, 0.5) is 0 Å². The Morgan fingerprint density at radius 1 is 1.38 bits per heavy atom. The zero-order chi connectivity index (χ0) is 9.47. The molecule has 0 bridgehead atoms. The van der Waals surface area contributed by atoms with E-state index >= 15 is 0 Å². The van der Waals surface area contributed by atoms with Gasteiger partial charge in [0.15, 0.2) is 0 Å². The highest BCUT2D eigenvalue weighted by molar-refractivity contribution is 4.99. The summed E-state index contributed by atoms with van der Waals surface area (Å²) < 4.78 is 0. The maximum Gasteiger partial charge on any atom is 0.00414 e. The predicted octanol–water partition coefficient (Wildman–Crippen LogP) is 2.91. The van der Waals surface area contributed by atoms with E-state index in [0.29, 0.717) is 0 Å². The summed E-state index contributed by atoms with van der Waals surface area (Å²) in [6.45, 7) is 9.74. The Morgan fingerprint density at radius 3 is 2.54 bits per heavy atom. The fourth-order valence-electron chi connectivity index (χ4n) is 3.20. The Kier molecular flexibility index (Phi) is 2.39. The summed E-state index contributed by atoms with van der Waals surface area (Å²) in [5.41, 5.74) is 0.769. The van der Waals surface area contributed by atoms with Gasteiger partial charge in [-0.1, -0.05) is 13.3 Å². The fraction of sp³-hybridized carbons (Fsp3) is 1.00. The Balaban J connectivity index is 1.86. The van der Waals surface area contributed by atoms with Crippen LogP contribution in [0.2, 0.25) is 0 Å². The van der Waals surface area contributed by atoms with Gasteiger partial charge in [0, 0.05) is 12.6 Å². The monoisotopic (exact) mass is 181 g/mol. The van der Waals surface area contributed by atoms with Crippen molar-refractivity contribution in [1.29, 1.82) is 0 Å². The van der Waals surface area contributed by atoms with Crippen molar-refractivity contribution in [3.8, 4) is 0 Å². The van der Waals surface area contributed by atoms with Crippen molar-refractivity contribution in [1.82, 2.24) is 4.90 Å². The quantitative estimate of drug-likeness (QED) is 0.633. The highest BCUT2D eigenvalue weighted by Crippen LogP contribution is 2.52. The molecular formula is C12H23N. The number of nitrogens with zero attached hydrogens (tertiary/aromatic N) is 1. The van der Waals surface area contributed by atoms with Crippen LogP contribution < -0.4 is 0 Å². The molecule has 2 aliphatic rings. The van der Waals surface area contributed by atoms with E-state index in [4.69, 9.17) is 0 Å². The average molecular weight is 181 g/mol. The molecule has 0 N–H and O–H groups in total. The topological polar surface area (TPSA) is 3.24 Å². The molecule has 1 aliphatic carbocycles. The van der Waals surface area contributed by atoms with E-state index < -0.39 is 0 Å². The molecule has 13 heavy (non-hydrogen) atoms. The number of likely N-dealkylation sites (tertiary alicyclic amines) is 1. The van der Waals surface area contributed by atoms with E-state index in [-0.39, 0.29) is 0 Å². The van der Waals surface area contributed by atoms with Gasteiger partial charge in [-0.05, 0) is 51.0 Å². The summed E-state index contributed by atoms with van der Waals surface area (Å²) in [5, 5.41) is 0. The molecule has 0 unspecified atom stereocenters. The normalized spacial score (nSPS) is 40.2. The van der Waals surface area contributed by atoms with E-state index in [1.807, 2.05) is 0 Å². The number of hydrogen-bond acceptors (Lipinski definition) is 1. The third-order valence-electron chi connectivity index (χ3n) is 4.22. The van der Waals surface area contributed by atoms with Gasteiger partial charge in [-0.3, -0.25) is 0 Å². The van der Waals surface area contributed by atoms with Crippen LogP contribution in [0.3, 0.4) is 0 Å². The molecule has 1 spiro atoms. The molecule has 2 fully saturated rings. The lowest BCUT2D eigenvalue weighted by Gasteiger charge is -2.45. The maximum atomic E-state index is 2.66. The minimum atomic E-state index is 0.764. The highest BCUT2D eigenvalue weighted by Gasteiger charge is 2.47. The van der Waals surface area contributed by atoms with Crippen LogP contribution in [0.25, 0.3) is 0 Å². The van der Waals surface area contributed by atoms with E-state index in [9.17, 15) is 0 Å². The summed E-state index contributed by atoms with van der Waals surface area (Å²) in [6.07, 6.45) is 5.92. The average Bonchev–Trinajstić information content (AvgIpc) is 2.45. The second-order valence-corrected chi connectivity index (χ2v) is 5.50. The van der Waals surface area contributed by atoms with Gasteiger partial charge >= 0.3 is 0 Å². The van der Waals surface area contributed by atoms with Crippen molar-refractivity contribution in [3.63, 3.8) is 0 Å². The molecule has 0 aromatic heterocycles. The zero-order valence-electron chi connectivity index (χ0n) is 9.34. The molecule has 76 valence electrons. The standard InChI is InChI=1S/C12H23N/c1-4-11-7-12(8-11)5-6-13(9-12)10(2)3/h10-11H,4-9H2,1-3H3/t11-,12+. The first-order chi connectivity index (χ1) is 6.15. The summed E-state index contributed by atoms with van der Waals surface area (Å²) in [7, 11) is 0. The minimum absolute atomic E-state index is 0.764. The predicted molar refractivity (Wildman–Crippen MR) is 56.8 cm³/mol. The van der Waals surface area contributed by atoms with Gasteiger partial charge in [0.1, 0.15) is 0 Å². The first kappa shape index (κ1) is 9.51. The molecule has 1 saturated carbocycles. The maximum absolute atomic E-state index is 2.66. The van der Waals surface area contributed by atoms with Gasteiger partial charge in [-0.15, -0.1) is 0 Å². The number of rotatable bonds is 2. The SMILES string of the molecule is CC[C@H]1C[C@]2(CCN(C(C)C)C2)C1. The van der Waals surface area contributed by atoms with Gasteiger partial charge in [0.05, 0.1) is 0 Å². The van der Waals surface area contributed by atoms with Crippen LogP contribution >= 0.6 is 0 Å². The number of hydrogen-bond donors (Lipinski definition) is 0. The van der Waals surface area contributed by atoms with Crippen molar-refractivity contribution < 1.29 is 0 Å². The lowest BCUT2D eigenvalue weighted by atomic mass is 9.61.